The number of cyclic esters (lactones) is 2. The number of nitrogens with one attached hydrogen (secondary N) is 7. The summed E-state index contributed by atoms with van der Waals surface area (Å²) in [5, 5.41) is 229. The SMILES string of the molecule is CNC(=O)N[C@H]1C2C[C@@H](O[C@@H]3O[C@H](C)[C@@H](O)[C@H](N)[C@@H]3O)/C=C/C=C/C=C/C=C/C=C/C=C/C=C/C(C)[C@@H](O)[C@@H](C)[C@H](C)OC(=O)C[C@H](O)C[C@H](O)CC[C@@H](O)[C@H](O)C[C@H](O)C[C@](O)(C[C@@H]1O)O2.CNC(=O)N[C@H]1C2C[C@@H](O[C@@H]3O[C@H](C)[C@@H](O)[C@H](NNN)[C@@H]3O)/C=C/C=C/C=C/C=C/C=C/C=C/C=C/C(C)[C@@H](O)[C@@H](C)[C@H](C)OC(=O)C[C@H](O)C[C@H](O)CC[C@@H](O)[C@H](O)C[C@H](O)C[C@](O)(C[C@@H]1O)O2.N=[N+]=NS(=O)(=O)n1ccnc1. The third-order valence-corrected chi connectivity index (χ3v) is 26.6. The standard InChI is InChI=1S/C48H79N5O16.C48H77N3O16.C3H4N5O2S/c1-28-18-16-14-12-10-8-6-7-9-11-13-15-17-19-35(68-46-45(63)42(52-53-49)44(62)31(4)67-46)25-39-41(51-47(64)50-5)38(59)27-48(65,69-39)26-34(56)23-37(58)36(57)21-20-32(54)22-33(55)24-40(60)66-30(3)29(2)43(28)61;1-28-18-16-14-12-10-8-6-7-9-11-13-15-17-19-35(66-46-45(61)41(49)44(60)31(4)65-46)25-39-42(51-47(62)50-5)38(57)27-48(63,67-39)26-34(54)23-37(56)36(55)21-20-32(52)22-33(53)24-40(58)64-30(3)29(2)43(28)59;4-6-7-11(9,10)8-2-1-5-3-8/h6-19,28-39,41-46,52-59,61-63,65H,20-27,49H2,1-5H3,(H2,50,51,64);6-19,28-39,41-46,52-57,59-61,63H,20-27,49H2,1-5H3,(H2,50,51,62);1-4H/q;;+1/b2*7-6+,10-8+,11-9+,14-12+,15-13+,18-16+,19-17+;/t28?,29-,30-,31+,32+,33+,34-,35-,36+,37+,38-,39?,41+,42-,43+,44+,45-,46-,48+;28?,29-,30-,31+,32+,33+,34-,35-,36+,37+,38-,39?,41-,42+,43+,44+,45-,46-,48+;/m00./s1. The average molecular weight is 2110 g/mol. The molecule has 0 aromatic carbocycles. The molecule has 4 saturated heterocycles. The third-order valence-electron chi connectivity index (χ3n) is 25.6. The Kier molecular flexibility index (Phi) is 57.8. The molecule has 4 amide bonds. The number of imidazole rings is 1. The molecule has 0 aliphatic carbocycles. The maximum absolute atomic E-state index is 12.7. The topological polar surface area (TPSA) is 773 Å². The molecule has 1 aromatic heterocycles. The lowest BCUT2D eigenvalue weighted by atomic mass is 9.87. The van der Waals surface area contributed by atoms with E-state index in [0.717, 1.165) is 10.3 Å². The van der Waals surface area contributed by atoms with E-state index in [1.165, 1.54) is 26.5 Å². The number of carbonyl (C=O) groups excluding carboxylic acids is 4. The molecule has 830 valence electrons. The van der Waals surface area contributed by atoms with Gasteiger partial charge in [-0.25, -0.2) is 24.0 Å². The summed E-state index contributed by atoms with van der Waals surface area (Å²) in [6.45, 7) is 13.6. The van der Waals surface area contributed by atoms with Crippen LogP contribution in [0.2, 0.25) is 0 Å². The van der Waals surface area contributed by atoms with Gasteiger partial charge < -0.3 is 167 Å². The van der Waals surface area contributed by atoms with Gasteiger partial charge >= 0.3 is 34.2 Å². The summed E-state index contributed by atoms with van der Waals surface area (Å²) < 4.78 is 72.4. The molecular weight excluding hydrogens is 1950 g/mol. The normalized spacial score (nSPS) is 41.4. The highest BCUT2D eigenvalue weighted by atomic mass is 32.2. The first-order chi connectivity index (χ1) is 69.5. The van der Waals surface area contributed by atoms with Gasteiger partial charge in [-0.2, -0.15) is 14.0 Å². The van der Waals surface area contributed by atoms with Crippen molar-refractivity contribution in [2.24, 2.45) is 39.8 Å². The van der Waals surface area contributed by atoms with Crippen molar-refractivity contribution in [3.63, 3.8) is 0 Å². The number of ether oxygens (including phenoxy) is 8. The predicted molar refractivity (Wildman–Crippen MR) is 535 cm³/mol. The Labute approximate surface area is 857 Å². The Morgan fingerprint density at radius 1 is 0.442 bits per heavy atom. The summed E-state index contributed by atoms with van der Waals surface area (Å²) in [5.74, 6) is -1.95. The molecule has 4 fully saturated rings. The number of hydrogen-bond acceptors (Lipinski definition) is 40. The first-order valence-corrected chi connectivity index (χ1v) is 50.6. The summed E-state index contributed by atoms with van der Waals surface area (Å²) in [7, 11) is -1.11. The van der Waals surface area contributed by atoms with Crippen LogP contribution in [0.1, 0.15) is 158 Å². The highest BCUT2D eigenvalue weighted by Crippen LogP contribution is 2.39. The van der Waals surface area contributed by atoms with Crippen LogP contribution in [0, 0.1) is 29.2 Å². The van der Waals surface area contributed by atoms with E-state index in [1.54, 1.807) is 145 Å². The molecule has 6 aliphatic heterocycles. The van der Waals surface area contributed by atoms with Crippen molar-refractivity contribution in [3.8, 4) is 0 Å². The quantitative estimate of drug-likeness (QED) is 0.0446. The number of carbonyl (C=O) groups is 4. The molecule has 7 heterocycles. The van der Waals surface area contributed by atoms with Crippen LogP contribution < -0.4 is 48.7 Å². The number of nitrogens with zero attached hydrogens (tertiary/aromatic N) is 4. The van der Waals surface area contributed by atoms with Crippen LogP contribution in [0.5, 0.6) is 0 Å². The number of aromatic nitrogens is 2. The van der Waals surface area contributed by atoms with Crippen molar-refractivity contribution in [3.05, 3.63) is 189 Å². The molecule has 1 aromatic rings. The molecule has 0 saturated carbocycles. The van der Waals surface area contributed by atoms with E-state index in [1.807, 2.05) is 80.7 Å². The van der Waals surface area contributed by atoms with Crippen molar-refractivity contribution < 1.29 is 168 Å². The largest absolute Gasteiger partial charge is 0.462 e. The van der Waals surface area contributed by atoms with Crippen LogP contribution in [0.25, 0.3) is 0 Å². The highest BCUT2D eigenvalue weighted by molar-refractivity contribution is 7.88. The Morgan fingerprint density at radius 2 is 0.796 bits per heavy atom. The first kappa shape index (κ1) is 129. The van der Waals surface area contributed by atoms with E-state index in [4.69, 9.17) is 55.0 Å². The van der Waals surface area contributed by atoms with Gasteiger partial charge in [0.1, 0.15) is 36.3 Å². The van der Waals surface area contributed by atoms with E-state index in [9.17, 15) is 130 Å². The number of amides is 4. The van der Waals surface area contributed by atoms with Crippen molar-refractivity contribution in [1.29, 1.82) is 5.53 Å². The molecule has 6 aliphatic rings. The highest BCUT2D eigenvalue weighted by Gasteiger charge is 2.52. The minimum Gasteiger partial charge on any atom is -0.462 e. The van der Waals surface area contributed by atoms with Gasteiger partial charge in [0, 0.05) is 102 Å². The summed E-state index contributed by atoms with van der Waals surface area (Å²) in [6, 6.07) is -5.80. The number of fused-ring (bicyclic) bond motifs is 4. The van der Waals surface area contributed by atoms with Gasteiger partial charge in [0.2, 0.25) is 4.91 Å². The maximum Gasteiger partial charge on any atom is 0.421 e. The lowest BCUT2D eigenvalue weighted by molar-refractivity contribution is -0.304. The molecule has 147 heavy (non-hydrogen) atoms. The fraction of sp³-hybridized carbons (Fsp3) is 0.646. The van der Waals surface area contributed by atoms with E-state index in [0.29, 0.717) is 0 Å². The Balaban J connectivity index is 0.000000466. The fourth-order valence-corrected chi connectivity index (χ4v) is 17.4. The average Bonchev–Trinajstić information content (AvgIpc) is 1.15. The van der Waals surface area contributed by atoms with E-state index < -0.39 is 304 Å². The van der Waals surface area contributed by atoms with Crippen LogP contribution in [-0.4, -0.2) is 365 Å². The molecule has 0 spiro atoms. The molecule has 7 rings (SSSR count). The fourth-order valence-electron chi connectivity index (χ4n) is 16.8. The molecule has 48 heteroatoms. The molecule has 31 N–H and O–H groups in total. The monoisotopic (exact) mass is 2110 g/mol. The maximum atomic E-state index is 12.7. The van der Waals surface area contributed by atoms with Crippen molar-refractivity contribution in [1.82, 2.24) is 46.1 Å². The number of aliphatic hydroxyl groups excluding tert-OH is 18. The lowest BCUT2D eigenvalue weighted by Gasteiger charge is -2.46. The third kappa shape index (κ3) is 46.1. The van der Waals surface area contributed by atoms with E-state index >= 15 is 0 Å². The predicted octanol–water partition coefficient (Wildman–Crippen LogP) is -0.847. The smallest absolute Gasteiger partial charge is 0.421 e. The van der Waals surface area contributed by atoms with Gasteiger partial charge in [0.25, 0.3) is 4.52 Å². The Morgan fingerprint density at radius 3 is 1.14 bits per heavy atom. The second-order valence-electron chi connectivity index (χ2n) is 37.7. The van der Waals surface area contributed by atoms with Crippen molar-refractivity contribution in [2.45, 2.75) is 365 Å². The lowest BCUT2D eigenvalue weighted by Crippen LogP contribution is -2.66. The van der Waals surface area contributed by atoms with E-state index in [-0.39, 0.29) is 63.2 Å². The summed E-state index contributed by atoms with van der Waals surface area (Å²) in [5.41, 5.74) is 17.1. The van der Waals surface area contributed by atoms with Gasteiger partial charge in [0.15, 0.2) is 24.2 Å². The number of urea groups is 2. The van der Waals surface area contributed by atoms with Gasteiger partial charge in [-0.05, 0) is 66.2 Å². The number of rotatable bonds is 10. The van der Waals surface area contributed by atoms with Crippen LogP contribution in [-0.2, 0) is 57.7 Å². The first-order valence-electron chi connectivity index (χ1n) is 49.2. The Bertz CT molecular complexity index is 4660. The second-order valence-corrected chi connectivity index (χ2v) is 39.2. The van der Waals surface area contributed by atoms with Gasteiger partial charge in [-0.3, -0.25) is 15.4 Å². The number of nitrogens with two attached hydrogens (primary N) is 2. The number of aliphatic hydroxyl groups is 20. The van der Waals surface area contributed by atoms with Crippen LogP contribution in [0.15, 0.2) is 193 Å². The van der Waals surface area contributed by atoms with Crippen LogP contribution >= 0.6 is 0 Å². The minimum atomic E-state index is -3.84. The van der Waals surface area contributed by atoms with Gasteiger partial charge in [-0.1, -0.05) is 198 Å². The molecule has 38 atom stereocenters. The molecule has 0 radical (unpaired) electrons. The number of hydrazine groups is 2. The van der Waals surface area contributed by atoms with Gasteiger partial charge in [0.05, 0.1) is 171 Å². The summed E-state index contributed by atoms with van der Waals surface area (Å²) >= 11 is 0. The molecule has 4 unspecified atom stereocenters. The zero-order valence-corrected chi connectivity index (χ0v) is 85.3. The van der Waals surface area contributed by atoms with Crippen molar-refractivity contribution >= 4 is 34.2 Å². The van der Waals surface area contributed by atoms with Crippen molar-refractivity contribution in [2.75, 3.05) is 14.1 Å². The van der Waals surface area contributed by atoms with E-state index in [2.05, 4.69) is 46.6 Å². The number of esters is 2. The molecular formula is C99H160N13O34S+. The molecule has 47 nitrogen and oxygen atoms in total. The van der Waals surface area contributed by atoms with Crippen LogP contribution in [0.3, 0.4) is 0 Å². The Hall–Kier alpha value is -8.89. The summed E-state index contributed by atoms with van der Waals surface area (Å²) in [4.78, 5) is 56.4. The van der Waals surface area contributed by atoms with Crippen LogP contribution in [0.4, 0.5) is 9.59 Å². The van der Waals surface area contributed by atoms with Gasteiger partial charge in [-0.15, -0.1) is 0 Å². The second kappa shape index (κ2) is 66.0. The summed E-state index contributed by atoms with van der Waals surface area (Å²) in [6.07, 6.45) is 13.6. The zero-order valence-electron chi connectivity index (χ0n) is 84.5. The number of allylic oxidation sites excluding steroid dienone is 24. The zero-order chi connectivity index (χ0) is 109. The molecule has 4 bridgehead atoms. The number of hydrogen-bond donors (Lipinski definition) is 29. The minimum absolute atomic E-state index is 0.0901.